The first kappa shape index (κ1) is 20.3. The molecule has 9 nitrogen and oxygen atoms in total. The third-order valence-corrected chi connectivity index (χ3v) is 6.52. The van der Waals surface area contributed by atoms with Crippen LogP contribution in [0.4, 0.5) is 10.2 Å². The van der Waals surface area contributed by atoms with E-state index >= 15 is 0 Å². The van der Waals surface area contributed by atoms with Crippen LogP contribution in [-0.2, 0) is 18.3 Å². The number of ether oxygens (including phenoxy) is 1. The monoisotopic (exact) mass is 399 g/mol. The summed E-state index contributed by atoms with van der Waals surface area (Å²) in [6.07, 6.45) is -4.09. The molecule has 1 aliphatic heterocycles. The van der Waals surface area contributed by atoms with Crippen LogP contribution < -0.4 is 11.4 Å². The summed E-state index contributed by atoms with van der Waals surface area (Å²) in [6, 6.07) is 1.30. The van der Waals surface area contributed by atoms with Crippen LogP contribution in [0.25, 0.3) is 0 Å². The van der Waals surface area contributed by atoms with E-state index < -0.39 is 37.4 Å². The van der Waals surface area contributed by atoms with Gasteiger partial charge in [-0.1, -0.05) is 0 Å². The zero-order valence-corrected chi connectivity index (χ0v) is 15.3. The van der Waals surface area contributed by atoms with Crippen LogP contribution in [0.15, 0.2) is 17.1 Å². The first-order chi connectivity index (χ1) is 11.7. The predicted octanol–water partition coefficient (Wildman–Crippen LogP) is 0.907. The van der Waals surface area contributed by atoms with E-state index in [-0.39, 0.29) is 24.3 Å². The third-order valence-electron chi connectivity index (χ3n) is 4.19. The summed E-state index contributed by atoms with van der Waals surface area (Å²) in [4.78, 5) is 15.4. The van der Waals surface area contributed by atoms with Crippen molar-refractivity contribution in [2.45, 2.75) is 30.5 Å². The Labute approximate surface area is 148 Å². The average Bonchev–Trinajstić information content (AvgIpc) is 2.85. The summed E-state index contributed by atoms with van der Waals surface area (Å²) >= 11 is 5.91. The molecule has 0 aliphatic carbocycles. The fraction of sp³-hybridized carbons (Fsp3) is 0.692. The minimum Gasteiger partial charge on any atom is -0.387 e. The number of nitrogens with two attached hydrogens (primary N) is 1. The van der Waals surface area contributed by atoms with Crippen molar-refractivity contribution in [1.29, 1.82) is 0 Å². The maximum atomic E-state index is 14.6. The number of halogens is 2. The lowest BCUT2D eigenvalue weighted by molar-refractivity contribution is -0.0920. The van der Waals surface area contributed by atoms with Crippen LogP contribution in [-0.4, -0.2) is 58.8 Å². The molecule has 2 heterocycles. The van der Waals surface area contributed by atoms with Crippen molar-refractivity contribution in [3.05, 3.63) is 22.7 Å². The molecule has 1 aliphatic rings. The number of alkyl halides is 2. The molecule has 12 heteroatoms. The maximum absolute atomic E-state index is 14.6. The third kappa shape index (κ3) is 3.89. The van der Waals surface area contributed by atoms with Crippen molar-refractivity contribution in [2.24, 2.45) is 0 Å². The zero-order chi connectivity index (χ0) is 18.8. The second-order valence-electron chi connectivity index (χ2n) is 5.59. The highest BCUT2D eigenvalue weighted by molar-refractivity contribution is 7.53. The van der Waals surface area contributed by atoms with E-state index in [2.05, 4.69) is 4.98 Å². The molecule has 0 amide bonds. The van der Waals surface area contributed by atoms with Crippen molar-refractivity contribution in [3.8, 4) is 0 Å². The number of rotatable bonds is 7. The van der Waals surface area contributed by atoms with Gasteiger partial charge in [-0.05, 0) is 12.5 Å². The van der Waals surface area contributed by atoms with Gasteiger partial charge in [-0.3, -0.25) is 9.13 Å². The van der Waals surface area contributed by atoms with Crippen molar-refractivity contribution in [1.82, 2.24) is 9.55 Å². The number of nitrogens with zero attached hydrogens (tertiary/aromatic N) is 2. The number of nitrogen functional groups attached to an aromatic ring is 1. The van der Waals surface area contributed by atoms with Crippen LogP contribution in [0.3, 0.4) is 0 Å². The Morgan fingerprint density at radius 2 is 2.20 bits per heavy atom. The Balaban J connectivity index is 2.29. The van der Waals surface area contributed by atoms with E-state index in [1.807, 2.05) is 0 Å². The van der Waals surface area contributed by atoms with Gasteiger partial charge in [-0.15, -0.1) is 11.6 Å². The van der Waals surface area contributed by atoms with Crippen LogP contribution >= 0.6 is 19.2 Å². The van der Waals surface area contributed by atoms with Crippen LogP contribution in [0, 0.1) is 0 Å². The summed E-state index contributed by atoms with van der Waals surface area (Å²) in [6.45, 7) is 0. The normalized spacial score (nSPS) is 29.9. The molecule has 0 aromatic carbocycles. The van der Waals surface area contributed by atoms with Crippen LogP contribution in [0.5, 0.6) is 0 Å². The smallest absolute Gasteiger partial charge is 0.351 e. The Bertz CT molecular complexity index is 713. The molecule has 25 heavy (non-hydrogen) atoms. The van der Waals surface area contributed by atoms with Crippen LogP contribution in [0.2, 0.25) is 0 Å². The first-order valence-electron chi connectivity index (χ1n) is 7.33. The van der Waals surface area contributed by atoms with Gasteiger partial charge in [-0.2, -0.15) is 4.98 Å². The molecule has 1 unspecified atom stereocenters. The Kier molecular flexibility index (Phi) is 6.24. The quantitative estimate of drug-likeness (QED) is 0.511. The second kappa shape index (κ2) is 7.69. The molecule has 1 fully saturated rings. The second-order valence-corrected chi connectivity index (χ2v) is 8.25. The van der Waals surface area contributed by atoms with Gasteiger partial charge in [0.25, 0.3) is 0 Å². The molecule has 142 valence electrons. The highest BCUT2D eigenvalue weighted by Gasteiger charge is 2.56. The van der Waals surface area contributed by atoms with E-state index in [0.29, 0.717) is 0 Å². The van der Waals surface area contributed by atoms with Gasteiger partial charge >= 0.3 is 13.3 Å². The Hall–Kier alpha value is -1.03. The fourth-order valence-electron chi connectivity index (χ4n) is 2.62. The Morgan fingerprint density at radius 1 is 1.56 bits per heavy atom. The van der Waals surface area contributed by atoms with Crippen molar-refractivity contribution in [3.63, 3.8) is 0 Å². The molecule has 1 aromatic rings. The molecule has 3 N–H and O–H groups in total. The number of aliphatic hydroxyl groups excluding tert-OH is 1. The van der Waals surface area contributed by atoms with Gasteiger partial charge < -0.3 is 24.6 Å². The average molecular weight is 400 g/mol. The molecule has 0 saturated carbocycles. The van der Waals surface area contributed by atoms with Gasteiger partial charge in [0.1, 0.15) is 17.5 Å². The molecule has 1 saturated heterocycles. The number of anilines is 1. The van der Waals surface area contributed by atoms with E-state index in [0.717, 1.165) is 4.57 Å². The molecule has 4 atom stereocenters. The summed E-state index contributed by atoms with van der Waals surface area (Å²) in [5.41, 5.74) is 3.01. The van der Waals surface area contributed by atoms with Gasteiger partial charge in [0.2, 0.25) is 0 Å². The van der Waals surface area contributed by atoms with E-state index in [1.54, 1.807) is 0 Å². The van der Waals surface area contributed by atoms with E-state index in [4.69, 9.17) is 31.1 Å². The number of hydrogen-bond acceptors (Lipinski definition) is 8. The van der Waals surface area contributed by atoms with E-state index in [1.165, 1.54) is 26.5 Å². The molecule has 2 rings (SSSR count). The largest absolute Gasteiger partial charge is 0.387 e. The topological polar surface area (TPSA) is 126 Å². The minimum atomic E-state index is -3.41. The number of aromatic nitrogens is 2. The Morgan fingerprint density at radius 3 is 2.72 bits per heavy atom. The molecular weight excluding hydrogens is 380 g/mol. The van der Waals surface area contributed by atoms with E-state index in [9.17, 15) is 18.9 Å². The number of aliphatic hydroxyl groups is 1. The summed E-state index contributed by atoms with van der Waals surface area (Å²) in [7, 11) is -0.989. The molecule has 0 spiro atoms. The van der Waals surface area contributed by atoms with Gasteiger partial charge in [-0.25, -0.2) is 9.18 Å². The summed E-state index contributed by atoms with van der Waals surface area (Å²) in [5.74, 6) is -0.324. The number of hydrogen-bond donors (Lipinski definition) is 2. The standard InChI is InChI=1S/C13H20ClFN3O6P/c1-22-25(21,23-2)6-4-13(7-14)10(19)9(15)11(24-13)18-5-3-8(16)17-12(18)20/h3,5,9-11,19H,4,6-7H2,1-2H3,(H2,16,17,20)/t9-,10+,11?,13+/m1/s1. The lowest BCUT2D eigenvalue weighted by Gasteiger charge is -2.30. The fourth-order valence-corrected chi connectivity index (χ4v) is 4.14. The summed E-state index contributed by atoms with van der Waals surface area (Å²) < 4.78 is 43.0. The van der Waals surface area contributed by atoms with Crippen molar-refractivity contribution in [2.75, 3.05) is 32.0 Å². The molecule has 0 radical (unpaired) electrons. The van der Waals surface area contributed by atoms with Crippen molar-refractivity contribution >= 4 is 25.0 Å². The lowest BCUT2D eigenvalue weighted by Crippen LogP contribution is -2.44. The van der Waals surface area contributed by atoms with Gasteiger partial charge in [0, 0.05) is 20.4 Å². The van der Waals surface area contributed by atoms with Gasteiger partial charge in [0.05, 0.1) is 12.0 Å². The molecule has 0 bridgehead atoms. The minimum absolute atomic E-state index is 0.0278. The highest BCUT2D eigenvalue weighted by atomic mass is 35.5. The van der Waals surface area contributed by atoms with Crippen LogP contribution in [0.1, 0.15) is 12.6 Å². The first-order valence-corrected chi connectivity index (χ1v) is 9.59. The predicted molar refractivity (Wildman–Crippen MR) is 88.5 cm³/mol. The summed E-state index contributed by atoms with van der Waals surface area (Å²) in [5, 5.41) is 10.3. The molecule has 1 aromatic heterocycles. The zero-order valence-electron chi connectivity index (χ0n) is 13.7. The highest BCUT2D eigenvalue weighted by Crippen LogP contribution is 2.50. The van der Waals surface area contributed by atoms with Gasteiger partial charge in [0.15, 0.2) is 12.4 Å². The lowest BCUT2D eigenvalue weighted by atomic mass is 9.95. The maximum Gasteiger partial charge on any atom is 0.351 e. The SMILES string of the molecule is COP(=O)(CC[C@@]1(CCl)OC(n2ccc(N)nc2=O)[C@H](F)[C@@H]1O)OC. The molecular formula is C13H20ClFN3O6P. The van der Waals surface area contributed by atoms with Crippen molar-refractivity contribution < 1.29 is 27.8 Å².